The highest BCUT2D eigenvalue weighted by Gasteiger charge is 2.33. The standard InChI is InChI=1S/C23H25N3O2/c1-15(2)18-10-6-17(7-11-18)13-26-14-20(12-21(26)27)22-24-23(28-25-22)19-8-4-16(3)5-9-19/h4-11,15,20H,12-14H2,1-3H3. The number of aryl methyl sites for hydroxylation is 1. The van der Waals surface area contributed by atoms with Crippen molar-refractivity contribution in [3.8, 4) is 11.5 Å². The van der Waals surface area contributed by atoms with Gasteiger partial charge in [0.15, 0.2) is 5.82 Å². The number of benzene rings is 2. The first-order valence-corrected chi connectivity index (χ1v) is 9.77. The molecule has 2 heterocycles. The third kappa shape index (κ3) is 3.84. The molecule has 0 N–H and O–H groups in total. The number of carbonyl (C=O) groups excluding carboxylic acids is 1. The molecule has 5 heteroatoms. The van der Waals surface area contributed by atoms with E-state index in [1.54, 1.807) is 0 Å². The highest BCUT2D eigenvalue weighted by molar-refractivity contribution is 5.79. The number of likely N-dealkylation sites (tertiary alicyclic amines) is 1. The van der Waals surface area contributed by atoms with E-state index in [0.29, 0.717) is 37.1 Å². The molecule has 28 heavy (non-hydrogen) atoms. The number of rotatable bonds is 5. The molecule has 5 nitrogen and oxygen atoms in total. The molecular formula is C23H25N3O2. The van der Waals surface area contributed by atoms with Gasteiger partial charge in [0, 0.05) is 31.0 Å². The summed E-state index contributed by atoms with van der Waals surface area (Å²) < 4.78 is 5.44. The number of carbonyl (C=O) groups is 1. The summed E-state index contributed by atoms with van der Waals surface area (Å²) >= 11 is 0. The minimum Gasteiger partial charge on any atom is -0.338 e. The highest BCUT2D eigenvalue weighted by atomic mass is 16.5. The molecule has 1 aromatic heterocycles. The van der Waals surface area contributed by atoms with E-state index in [1.165, 1.54) is 11.1 Å². The van der Waals surface area contributed by atoms with Crippen molar-refractivity contribution in [2.45, 2.75) is 45.6 Å². The lowest BCUT2D eigenvalue weighted by Crippen LogP contribution is -2.24. The molecule has 0 bridgehead atoms. The molecule has 1 amide bonds. The van der Waals surface area contributed by atoms with Crippen molar-refractivity contribution in [2.75, 3.05) is 6.54 Å². The van der Waals surface area contributed by atoms with Crippen molar-refractivity contribution in [3.05, 3.63) is 71.0 Å². The number of hydrogen-bond acceptors (Lipinski definition) is 4. The lowest BCUT2D eigenvalue weighted by Gasteiger charge is -2.16. The fraction of sp³-hybridized carbons (Fsp3) is 0.348. The van der Waals surface area contributed by atoms with Crippen molar-refractivity contribution in [3.63, 3.8) is 0 Å². The first-order chi connectivity index (χ1) is 13.5. The van der Waals surface area contributed by atoms with E-state index in [0.717, 1.165) is 11.1 Å². The smallest absolute Gasteiger partial charge is 0.257 e. The second kappa shape index (κ2) is 7.58. The summed E-state index contributed by atoms with van der Waals surface area (Å²) in [5.74, 6) is 1.74. The van der Waals surface area contributed by atoms with Gasteiger partial charge in [-0.2, -0.15) is 4.98 Å². The largest absolute Gasteiger partial charge is 0.338 e. The molecule has 144 valence electrons. The first-order valence-electron chi connectivity index (χ1n) is 9.77. The SMILES string of the molecule is Cc1ccc(-c2nc(C3CC(=O)N(Cc4ccc(C(C)C)cc4)C3)no2)cc1. The molecule has 0 aliphatic carbocycles. The van der Waals surface area contributed by atoms with E-state index >= 15 is 0 Å². The van der Waals surface area contributed by atoms with Crippen LogP contribution in [0.15, 0.2) is 53.1 Å². The Balaban J connectivity index is 1.44. The lowest BCUT2D eigenvalue weighted by molar-refractivity contribution is -0.128. The minimum atomic E-state index is -0.0228. The molecule has 2 aromatic carbocycles. The number of nitrogens with zero attached hydrogens (tertiary/aromatic N) is 3. The molecular weight excluding hydrogens is 350 g/mol. The van der Waals surface area contributed by atoms with E-state index in [-0.39, 0.29) is 11.8 Å². The second-order valence-corrected chi connectivity index (χ2v) is 7.90. The molecule has 4 rings (SSSR count). The van der Waals surface area contributed by atoms with Crippen molar-refractivity contribution in [2.24, 2.45) is 0 Å². The van der Waals surface area contributed by atoms with Crippen LogP contribution in [0.1, 0.15) is 54.6 Å². The van der Waals surface area contributed by atoms with Crippen LogP contribution in [0.4, 0.5) is 0 Å². The molecule has 1 unspecified atom stereocenters. The molecule has 1 saturated heterocycles. The van der Waals surface area contributed by atoms with Crippen LogP contribution in [0.2, 0.25) is 0 Å². The van der Waals surface area contributed by atoms with Crippen molar-refractivity contribution in [1.82, 2.24) is 15.0 Å². The van der Waals surface area contributed by atoms with Crippen LogP contribution in [0.5, 0.6) is 0 Å². The summed E-state index contributed by atoms with van der Waals surface area (Å²) in [6.45, 7) is 7.64. The Morgan fingerprint density at radius 3 is 2.50 bits per heavy atom. The quantitative estimate of drug-likeness (QED) is 0.649. The van der Waals surface area contributed by atoms with Crippen LogP contribution in [0, 0.1) is 6.92 Å². The molecule has 1 fully saturated rings. The van der Waals surface area contributed by atoms with Gasteiger partial charge < -0.3 is 9.42 Å². The van der Waals surface area contributed by atoms with Gasteiger partial charge in [0.2, 0.25) is 5.91 Å². The Morgan fingerprint density at radius 1 is 1.11 bits per heavy atom. The maximum Gasteiger partial charge on any atom is 0.257 e. The van der Waals surface area contributed by atoms with Crippen molar-refractivity contribution < 1.29 is 9.32 Å². The maximum atomic E-state index is 12.5. The third-order valence-electron chi connectivity index (χ3n) is 5.34. The number of hydrogen-bond donors (Lipinski definition) is 0. The molecule has 0 saturated carbocycles. The predicted molar refractivity (Wildman–Crippen MR) is 108 cm³/mol. The van der Waals surface area contributed by atoms with Gasteiger partial charge in [-0.05, 0) is 36.1 Å². The summed E-state index contributed by atoms with van der Waals surface area (Å²) in [4.78, 5) is 18.9. The van der Waals surface area contributed by atoms with Gasteiger partial charge in [-0.15, -0.1) is 0 Å². The summed E-state index contributed by atoms with van der Waals surface area (Å²) in [5, 5.41) is 4.14. The molecule has 0 spiro atoms. The predicted octanol–water partition coefficient (Wildman–Crippen LogP) is 4.68. The zero-order valence-corrected chi connectivity index (χ0v) is 16.6. The molecule has 3 aromatic rings. The normalized spacial score (nSPS) is 16.9. The van der Waals surface area contributed by atoms with Gasteiger partial charge in [-0.25, -0.2) is 0 Å². The van der Waals surface area contributed by atoms with E-state index in [9.17, 15) is 4.79 Å². The molecule has 1 atom stereocenters. The number of aromatic nitrogens is 2. The molecule has 0 radical (unpaired) electrons. The summed E-state index contributed by atoms with van der Waals surface area (Å²) in [6.07, 6.45) is 0.428. The molecule has 1 aliphatic rings. The summed E-state index contributed by atoms with van der Waals surface area (Å²) in [7, 11) is 0. The van der Waals surface area contributed by atoms with Gasteiger partial charge in [0.1, 0.15) is 0 Å². The summed E-state index contributed by atoms with van der Waals surface area (Å²) in [5.41, 5.74) is 4.54. The molecule has 1 aliphatic heterocycles. The van der Waals surface area contributed by atoms with Crippen LogP contribution in [0.25, 0.3) is 11.5 Å². The topological polar surface area (TPSA) is 59.2 Å². The van der Waals surface area contributed by atoms with Crippen molar-refractivity contribution in [1.29, 1.82) is 0 Å². The van der Waals surface area contributed by atoms with Gasteiger partial charge in [0.05, 0.1) is 0 Å². The van der Waals surface area contributed by atoms with Crippen molar-refractivity contribution >= 4 is 5.91 Å². The minimum absolute atomic E-state index is 0.0228. The fourth-order valence-corrected chi connectivity index (χ4v) is 3.54. The monoisotopic (exact) mass is 375 g/mol. The van der Waals surface area contributed by atoms with E-state index in [2.05, 4.69) is 48.3 Å². The van der Waals surface area contributed by atoms with Crippen LogP contribution in [-0.2, 0) is 11.3 Å². The van der Waals surface area contributed by atoms with E-state index < -0.39 is 0 Å². The van der Waals surface area contributed by atoms with Crippen LogP contribution >= 0.6 is 0 Å². The highest BCUT2D eigenvalue weighted by Crippen LogP contribution is 2.29. The Hall–Kier alpha value is -2.95. The zero-order valence-electron chi connectivity index (χ0n) is 16.6. The average Bonchev–Trinajstić information content (AvgIpc) is 3.30. The second-order valence-electron chi connectivity index (χ2n) is 7.90. The average molecular weight is 375 g/mol. The fourth-order valence-electron chi connectivity index (χ4n) is 3.54. The van der Waals surface area contributed by atoms with Gasteiger partial charge in [-0.3, -0.25) is 4.79 Å². The van der Waals surface area contributed by atoms with Gasteiger partial charge in [-0.1, -0.05) is 61.0 Å². The van der Waals surface area contributed by atoms with Crippen LogP contribution in [0.3, 0.4) is 0 Å². The van der Waals surface area contributed by atoms with Crippen LogP contribution < -0.4 is 0 Å². The van der Waals surface area contributed by atoms with Gasteiger partial charge >= 0.3 is 0 Å². The Kier molecular flexibility index (Phi) is 4.99. The lowest BCUT2D eigenvalue weighted by atomic mass is 10.0. The van der Waals surface area contributed by atoms with E-state index in [1.807, 2.05) is 36.1 Å². The summed E-state index contributed by atoms with van der Waals surface area (Å²) in [6, 6.07) is 16.5. The number of amides is 1. The maximum absolute atomic E-state index is 12.5. The Labute approximate surface area is 165 Å². The van der Waals surface area contributed by atoms with Crippen LogP contribution in [-0.4, -0.2) is 27.5 Å². The first kappa shape index (κ1) is 18.4. The Morgan fingerprint density at radius 2 is 1.82 bits per heavy atom. The Bertz CT molecular complexity index is 958. The zero-order chi connectivity index (χ0) is 19.7. The van der Waals surface area contributed by atoms with Gasteiger partial charge in [0.25, 0.3) is 5.89 Å². The third-order valence-corrected chi connectivity index (χ3v) is 5.34. The van der Waals surface area contributed by atoms with E-state index in [4.69, 9.17) is 4.52 Å².